The number of carbonyl (C=O) groups is 1. The molecule has 1 aromatic carbocycles. The fourth-order valence-corrected chi connectivity index (χ4v) is 2.92. The van der Waals surface area contributed by atoms with Gasteiger partial charge < -0.3 is 5.32 Å². The Morgan fingerprint density at radius 1 is 1.43 bits per heavy atom. The molecular weight excluding hydrogens is 262 g/mol. The third-order valence-electron chi connectivity index (χ3n) is 2.13. The first-order valence-corrected chi connectivity index (χ1v) is 6.33. The number of hydrogen-bond donors (Lipinski definition) is 1. The van der Waals surface area contributed by atoms with Crippen LogP contribution >= 0.6 is 27.7 Å². The van der Waals surface area contributed by atoms with Crippen LogP contribution < -0.4 is 5.32 Å². The highest BCUT2D eigenvalue weighted by molar-refractivity contribution is 9.10. The van der Waals surface area contributed by atoms with E-state index < -0.39 is 0 Å². The van der Waals surface area contributed by atoms with Crippen molar-refractivity contribution in [2.45, 2.75) is 6.04 Å². The summed E-state index contributed by atoms with van der Waals surface area (Å²) >= 11 is 5.17. The van der Waals surface area contributed by atoms with Gasteiger partial charge in [-0.05, 0) is 11.6 Å². The third kappa shape index (κ3) is 2.12. The Labute approximate surface area is 95.6 Å². The molecule has 0 bridgehead atoms. The van der Waals surface area contributed by atoms with Crippen molar-refractivity contribution in [3.63, 3.8) is 0 Å². The molecule has 4 heteroatoms. The summed E-state index contributed by atoms with van der Waals surface area (Å²) in [6.45, 7) is 0. The molecule has 2 rings (SSSR count). The van der Waals surface area contributed by atoms with Crippen molar-refractivity contribution in [2.24, 2.45) is 0 Å². The molecule has 1 N–H and O–H groups in total. The minimum Gasteiger partial charge on any atom is -0.348 e. The van der Waals surface area contributed by atoms with Gasteiger partial charge in [0.25, 0.3) is 0 Å². The van der Waals surface area contributed by atoms with E-state index in [9.17, 15) is 4.79 Å². The van der Waals surface area contributed by atoms with Gasteiger partial charge in [0.1, 0.15) is 0 Å². The predicted octanol–water partition coefficient (Wildman–Crippen LogP) is 2.35. The van der Waals surface area contributed by atoms with Crippen molar-refractivity contribution in [2.75, 3.05) is 11.5 Å². The van der Waals surface area contributed by atoms with Crippen molar-refractivity contribution in [1.82, 2.24) is 5.32 Å². The number of rotatable bonds is 1. The molecule has 0 radical (unpaired) electrons. The highest BCUT2D eigenvalue weighted by atomic mass is 79.9. The second-order valence-corrected chi connectivity index (χ2v) is 5.04. The van der Waals surface area contributed by atoms with Gasteiger partial charge in [-0.1, -0.05) is 34.1 Å². The Balaban J connectivity index is 2.22. The average molecular weight is 272 g/mol. The van der Waals surface area contributed by atoms with Crippen molar-refractivity contribution in [3.05, 3.63) is 34.3 Å². The summed E-state index contributed by atoms with van der Waals surface area (Å²) in [5.74, 6) is 1.66. The van der Waals surface area contributed by atoms with Gasteiger partial charge in [-0.3, -0.25) is 4.79 Å². The van der Waals surface area contributed by atoms with Gasteiger partial charge in [0.05, 0.1) is 11.8 Å². The number of hydrogen-bond acceptors (Lipinski definition) is 2. The zero-order chi connectivity index (χ0) is 9.97. The lowest BCUT2D eigenvalue weighted by Gasteiger charge is -2.24. The topological polar surface area (TPSA) is 29.1 Å². The molecular formula is C10H10BrNOS. The van der Waals surface area contributed by atoms with Gasteiger partial charge in [-0.25, -0.2) is 0 Å². The van der Waals surface area contributed by atoms with E-state index in [1.54, 1.807) is 11.8 Å². The maximum Gasteiger partial charge on any atom is 0.230 e. The van der Waals surface area contributed by atoms with Crippen LogP contribution in [0.1, 0.15) is 11.6 Å². The van der Waals surface area contributed by atoms with Gasteiger partial charge >= 0.3 is 0 Å². The zero-order valence-corrected chi connectivity index (χ0v) is 9.90. The Morgan fingerprint density at radius 3 is 2.93 bits per heavy atom. The van der Waals surface area contributed by atoms with Crippen LogP contribution in [0.5, 0.6) is 0 Å². The molecule has 2 nitrogen and oxygen atoms in total. The molecule has 1 unspecified atom stereocenters. The normalized spacial score (nSPS) is 21.8. The van der Waals surface area contributed by atoms with Crippen LogP contribution in [0.4, 0.5) is 0 Å². The largest absolute Gasteiger partial charge is 0.348 e. The molecule has 1 heterocycles. The van der Waals surface area contributed by atoms with E-state index in [4.69, 9.17) is 0 Å². The molecule has 1 fully saturated rings. The summed E-state index contributed by atoms with van der Waals surface area (Å²) in [6.07, 6.45) is 0. The monoisotopic (exact) mass is 271 g/mol. The summed E-state index contributed by atoms with van der Waals surface area (Å²) in [5.41, 5.74) is 1.16. The molecule has 74 valence electrons. The minimum atomic E-state index is 0.127. The van der Waals surface area contributed by atoms with Gasteiger partial charge in [0, 0.05) is 10.2 Å². The molecule has 0 saturated carbocycles. The maximum atomic E-state index is 11.2. The van der Waals surface area contributed by atoms with Gasteiger partial charge in [-0.2, -0.15) is 0 Å². The number of nitrogens with one attached hydrogen (secondary N) is 1. The first-order valence-electron chi connectivity index (χ1n) is 4.39. The fraction of sp³-hybridized carbons (Fsp3) is 0.300. The summed E-state index contributed by atoms with van der Waals surface area (Å²) in [4.78, 5) is 11.2. The first kappa shape index (κ1) is 10.1. The Morgan fingerprint density at radius 2 is 2.21 bits per heavy atom. The molecule has 1 saturated heterocycles. The fourth-order valence-electron chi connectivity index (χ4n) is 1.47. The Hall–Kier alpha value is -0.480. The SMILES string of the molecule is O=C1CSCC(c2ccccc2Br)N1. The molecule has 0 aromatic heterocycles. The van der Waals surface area contributed by atoms with E-state index in [0.29, 0.717) is 5.75 Å². The van der Waals surface area contributed by atoms with Crippen LogP contribution in [0.15, 0.2) is 28.7 Å². The van der Waals surface area contributed by atoms with Crippen molar-refractivity contribution in [3.8, 4) is 0 Å². The maximum absolute atomic E-state index is 11.2. The number of amides is 1. The van der Waals surface area contributed by atoms with Gasteiger partial charge in [0.2, 0.25) is 5.91 Å². The number of benzene rings is 1. The second kappa shape index (κ2) is 4.36. The lowest BCUT2D eigenvalue weighted by Crippen LogP contribution is -2.35. The van der Waals surface area contributed by atoms with Crippen LogP contribution in [0.3, 0.4) is 0 Å². The lowest BCUT2D eigenvalue weighted by molar-refractivity contribution is -0.119. The van der Waals surface area contributed by atoms with Gasteiger partial charge in [-0.15, -0.1) is 11.8 Å². The third-order valence-corrected chi connectivity index (χ3v) is 3.89. The molecule has 14 heavy (non-hydrogen) atoms. The Kier molecular flexibility index (Phi) is 3.13. The predicted molar refractivity (Wildman–Crippen MR) is 62.4 cm³/mol. The van der Waals surface area contributed by atoms with E-state index >= 15 is 0 Å². The molecule has 1 aliphatic heterocycles. The minimum absolute atomic E-state index is 0.127. The highest BCUT2D eigenvalue weighted by Gasteiger charge is 2.21. The number of carbonyl (C=O) groups excluding carboxylic acids is 1. The zero-order valence-electron chi connectivity index (χ0n) is 7.50. The van der Waals surface area contributed by atoms with Crippen LogP contribution in [0, 0.1) is 0 Å². The average Bonchev–Trinajstić information content (AvgIpc) is 2.18. The van der Waals surface area contributed by atoms with E-state index in [1.165, 1.54) is 0 Å². The lowest BCUT2D eigenvalue weighted by atomic mass is 10.1. The quantitative estimate of drug-likeness (QED) is 0.850. The van der Waals surface area contributed by atoms with Crippen LogP contribution in [-0.2, 0) is 4.79 Å². The number of halogens is 1. The Bertz CT molecular complexity index is 356. The first-order chi connectivity index (χ1) is 6.77. The second-order valence-electron chi connectivity index (χ2n) is 3.16. The summed E-state index contributed by atoms with van der Waals surface area (Å²) in [5, 5.41) is 2.98. The van der Waals surface area contributed by atoms with E-state index in [2.05, 4.69) is 21.2 Å². The molecule has 0 spiro atoms. The van der Waals surface area contributed by atoms with Crippen LogP contribution in [-0.4, -0.2) is 17.4 Å². The number of thioether (sulfide) groups is 1. The molecule has 1 atom stereocenters. The van der Waals surface area contributed by atoms with Crippen LogP contribution in [0.25, 0.3) is 0 Å². The standard InChI is InChI=1S/C10H10BrNOS/c11-8-4-2-1-3-7(8)9-5-14-6-10(13)12-9/h1-4,9H,5-6H2,(H,12,13). The van der Waals surface area contributed by atoms with Crippen molar-refractivity contribution in [1.29, 1.82) is 0 Å². The molecule has 1 amide bonds. The van der Waals surface area contributed by atoms with Crippen molar-refractivity contribution < 1.29 is 4.79 Å². The van der Waals surface area contributed by atoms with E-state index in [-0.39, 0.29) is 11.9 Å². The summed E-state index contributed by atoms with van der Waals surface area (Å²) < 4.78 is 1.06. The molecule has 1 aromatic rings. The van der Waals surface area contributed by atoms with Gasteiger partial charge in [0.15, 0.2) is 0 Å². The van der Waals surface area contributed by atoms with Crippen LogP contribution in [0.2, 0.25) is 0 Å². The van der Waals surface area contributed by atoms with E-state index in [1.807, 2.05) is 24.3 Å². The highest BCUT2D eigenvalue weighted by Crippen LogP contribution is 2.27. The summed E-state index contributed by atoms with van der Waals surface area (Å²) in [7, 11) is 0. The van der Waals surface area contributed by atoms with E-state index in [0.717, 1.165) is 15.8 Å². The molecule has 1 aliphatic rings. The molecule has 0 aliphatic carbocycles. The van der Waals surface area contributed by atoms with Crippen molar-refractivity contribution >= 4 is 33.6 Å². The summed E-state index contributed by atoms with van der Waals surface area (Å²) in [6, 6.07) is 8.16. The smallest absolute Gasteiger partial charge is 0.230 e.